The van der Waals surface area contributed by atoms with Gasteiger partial charge in [0.1, 0.15) is 6.11 Å². The summed E-state index contributed by atoms with van der Waals surface area (Å²) in [7, 11) is -4.40. The summed E-state index contributed by atoms with van der Waals surface area (Å²) in [5.74, 6) is 0. The van der Waals surface area contributed by atoms with Crippen LogP contribution in [0.1, 0.15) is 0 Å². The highest BCUT2D eigenvalue weighted by atomic mass is 31.2. The summed E-state index contributed by atoms with van der Waals surface area (Å²) in [4.78, 5) is 15.5. The number of hydrogen-bond acceptors (Lipinski definition) is 2. The van der Waals surface area contributed by atoms with Crippen molar-refractivity contribution in [1.29, 1.82) is 0 Å². The summed E-state index contributed by atoms with van der Waals surface area (Å²) < 4.78 is 13.0. The Morgan fingerprint density at radius 2 is 2.14 bits per heavy atom. The second kappa shape index (κ2) is 1.99. The molecule has 0 rings (SSSR count). The molecule has 4 nitrogen and oxygen atoms in total. The van der Waals surface area contributed by atoms with Crippen molar-refractivity contribution in [3.8, 4) is 12.5 Å². The molecule has 0 fully saturated rings. The highest BCUT2D eigenvalue weighted by molar-refractivity contribution is 7.46. The van der Waals surface area contributed by atoms with Gasteiger partial charge in [0.2, 0.25) is 0 Å². The van der Waals surface area contributed by atoms with Gasteiger partial charge in [-0.3, -0.25) is 9.79 Å². The van der Waals surface area contributed by atoms with E-state index in [9.17, 15) is 4.57 Å². The zero-order valence-electron chi connectivity index (χ0n) is 3.24. The van der Waals surface area contributed by atoms with E-state index < -0.39 is 7.82 Å². The lowest BCUT2D eigenvalue weighted by molar-refractivity contribution is 0.269. The largest absolute Gasteiger partial charge is 0.533 e. The first kappa shape index (κ1) is 6.51. The molecule has 0 saturated heterocycles. The number of phosphoric ester groups is 1. The minimum absolute atomic E-state index is 1.34. The van der Waals surface area contributed by atoms with Gasteiger partial charge in [-0.05, 0) is 0 Å². The topological polar surface area (TPSA) is 66.8 Å². The van der Waals surface area contributed by atoms with E-state index in [2.05, 4.69) is 10.9 Å². The van der Waals surface area contributed by atoms with Gasteiger partial charge < -0.3 is 4.52 Å². The van der Waals surface area contributed by atoms with E-state index in [0.29, 0.717) is 0 Å². The first-order valence-corrected chi connectivity index (χ1v) is 2.79. The molecule has 0 aliphatic carbocycles. The molecule has 5 heteroatoms. The fourth-order valence-electron chi connectivity index (χ4n) is 0.0687. The van der Waals surface area contributed by atoms with Crippen LogP contribution >= 0.6 is 7.82 Å². The maximum Gasteiger partial charge on any atom is 0.533 e. The quantitative estimate of drug-likeness (QED) is 0.369. The van der Waals surface area contributed by atoms with Gasteiger partial charge in [-0.1, -0.05) is 6.42 Å². The van der Waals surface area contributed by atoms with Crippen molar-refractivity contribution in [1.82, 2.24) is 0 Å². The molecule has 0 atom stereocenters. The molecular weight excluding hydrogens is 119 g/mol. The Morgan fingerprint density at radius 3 is 2.14 bits per heavy atom. The number of rotatable bonds is 1. The van der Waals surface area contributed by atoms with Crippen LogP contribution in [0.25, 0.3) is 0 Å². The Hall–Kier alpha value is -0.490. The molecule has 0 heterocycles. The summed E-state index contributed by atoms with van der Waals surface area (Å²) in [6.45, 7) is 0. The molecule has 0 aromatic rings. The van der Waals surface area contributed by atoms with Crippen LogP contribution in [0, 0.1) is 12.5 Å². The number of terminal acetylenes is 1. The molecule has 40 valence electrons. The predicted molar refractivity (Wildman–Crippen MR) is 22.0 cm³/mol. The zero-order valence-corrected chi connectivity index (χ0v) is 4.13. The molecule has 0 radical (unpaired) electrons. The molecule has 0 spiro atoms. The van der Waals surface area contributed by atoms with Crippen LogP contribution in [-0.4, -0.2) is 9.79 Å². The fraction of sp³-hybridized carbons (Fsp3) is 0. The molecule has 7 heavy (non-hydrogen) atoms. The third kappa shape index (κ3) is 5.51. The van der Waals surface area contributed by atoms with Crippen LogP contribution in [-0.2, 0) is 9.09 Å². The van der Waals surface area contributed by atoms with Gasteiger partial charge in [-0.25, -0.2) is 4.57 Å². The Labute approximate surface area is 40.4 Å². The predicted octanol–water partition coefficient (Wildman–Crippen LogP) is -0.314. The first-order valence-electron chi connectivity index (χ1n) is 1.26. The summed E-state index contributed by atoms with van der Waals surface area (Å²) in [5, 5.41) is 0. The Bertz CT molecular complexity index is 127. The van der Waals surface area contributed by atoms with E-state index in [1.165, 1.54) is 6.11 Å². The van der Waals surface area contributed by atoms with Gasteiger partial charge in [0.05, 0.1) is 0 Å². The van der Waals surface area contributed by atoms with Crippen LogP contribution in [0.3, 0.4) is 0 Å². The minimum atomic E-state index is -4.40. The average molecular weight is 122 g/mol. The lowest BCUT2D eigenvalue weighted by Crippen LogP contribution is -1.76. The molecular formula is C2H3O4P. The van der Waals surface area contributed by atoms with Gasteiger partial charge in [-0.15, -0.1) is 0 Å². The van der Waals surface area contributed by atoms with Crippen LogP contribution in [0.4, 0.5) is 0 Å². The van der Waals surface area contributed by atoms with Crippen molar-refractivity contribution in [2.45, 2.75) is 0 Å². The Kier molecular flexibility index (Phi) is 1.85. The number of phosphoric acid groups is 1. The van der Waals surface area contributed by atoms with E-state index in [1.807, 2.05) is 0 Å². The normalized spacial score (nSPS) is 9.86. The maximum absolute atomic E-state index is 9.56. The third-order valence-corrected chi connectivity index (χ3v) is 0.515. The van der Waals surface area contributed by atoms with Crippen LogP contribution in [0.2, 0.25) is 0 Å². The van der Waals surface area contributed by atoms with Crippen molar-refractivity contribution in [2.24, 2.45) is 0 Å². The van der Waals surface area contributed by atoms with E-state index >= 15 is 0 Å². The Balaban J connectivity index is 3.65. The molecule has 0 aromatic heterocycles. The van der Waals surface area contributed by atoms with E-state index in [0.717, 1.165) is 0 Å². The molecule has 0 unspecified atom stereocenters. The standard InChI is InChI=1S/C2H3O4P/c1-2-6-7(3,4)5/h1H,(H2,3,4,5). The summed E-state index contributed by atoms with van der Waals surface area (Å²) in [6.07, 6.45) is 5.69. The minimum Gasteiger partial charge on any atom is -0.351 e. The molecule has 0 aliphatic heterocycles. The van der Waals surface area contributed by atoms with Gasteiger partial charge >= 0.3 is 7.82 Å². The summed E-state index contributed by atoms with van der Waals surface area (Å²) in [5.41, 5.74) is 0. The van der Waals surface area contributed by atoms with Gasteiger partial charge in [0.15, 0.2) is 0 Å². The summed E-state index contributed by atoms with van der Waals surface area (Å²) >= 11 is 0. The second-order valence-corrected chi connectivity index (χ2v) is 1.86. The molecule has 2 N–H and O–H groups in total. The third-order valence-electron chi connectivity index (χ3n) is 0.172. The van der Waals surface area contributed by atoms with Gasteiger partial charge in [0.25, 0.3) is 0 Å². The van der Waals surface area contributed by atoms with Crippen LogP contribution in [0.15, 0.2) is 0 Å². The first-order chi connectivity index (χ1) is 3.06. The molecule has 0 aromatic carbocycles. The average Bonchev–Trinajstić information content (AvgIpc) is 1.30. The van der Waals surface area contributed by atoms with Crippen LogP contribution in [0.5, 0.6) is 0 Å². The van der Waals surface area contributed by atoms with E-state index in [-0.39, 0.29) is 0 Å². The monoisotopic (exact) mass is 122 g/mol. The molecule has 0 bridgehead atoms. The molecule has 0 amide bonds. The van der Waals surface area contributed by atoms with Crippen molar-refractivity contribution in [3.63, 3.8) is 0 Å². The smallest absolute Gasteiger partial charge is 0.351 e. The van der Waals surface area contributed by atoms with Gasteiger partial charge in [0, 0.05) is 0 Å². The lowest BCUT2D eigenvalue weighted by Gasteiger charge is -1.93. The van der Waals surface area contributed by atoms with Crippen molar-refractivity contribution in [3.05, 3.63) is 0 Å². The van der Waals surface area contributed by atoms with Crippen molar-refractivity contribution >= 4 is 7.82 Å². The number of hydrogen-bond donors (Lipinski definition) is 2. The maximum atomic E-state index is 9.56. The molecule has 0 saturated carbocycles. The second-order valence-electron chi connectivity index (χ2n) is 0.700. The van der Waals surface area contributed by atoms with Crippen LogP contribution < -0.4 is 0 Å². The van der Waals surface area contributed by atoms with Crippen molar-refractivity contribution < 1.29 is 18.9 Å². The van der Waals surface area contributed by atoms with E-state index in [1.54, 1.807) is 0 Å². The van der Waals surface area contributed by atoms with E-state index in [4.69, 9.17) is 9.79 Å². The van der Waals surface area contributed by atoms with Crippen molar-refractivity contribution in [2.75, 3.05) is 0 Å². The Morgan fingerprint density at radius 1 is 1.71 bits per heavy atom. The lowest BCUT2D eigenvalue weighted by atomic mass is 11.3. The summed E-state index contributed by atoms with van der Waals surface area (Å²) in [6, 6.07) is 0. The fourth-order valence-corrected chi connectivity index (χ4v) is 0.206. The highest BCUT2D eigenvalue weighted by Crippen LogP contribution is 2.34. The molecule has 0 aliphatic rings. The SMILES string of the molecule is C#COP(=O)(O)O. The highest BCUT2D eigenvalue weighted by Gasteiger charge is 2.11. The zero-order chi connectivity index (χ0) is 5.91. The van der Waals surface area contributed by atoms with Gasteiger partial charge in [-0.2, -0.15) is 0 Å².